The minimum Gasteiger partial charge on any atom is -0.494 e. The number of methoxy groups -OCH3 is 1. The van der Waals surface area contributed by atoms with Crippen LogP contribution >= 0.6 is 23.8 Å². The molecule has 0 radical (unpaired) electrons. The molecule has 0 saturated carbocycles. The Labute approximate surface area is 207 Å². The maximum Gasteiger partial charge on any atom is 0.216 e. The molecule has 0 spiro atoms. The third-order valence-corrected chi connectivity index (χ3v) is 5.56. The maximum atomic E-state index is 6.22. The van der Waals surface area contributed by atoms with Gasteiger partial charge in [0.25, 0.3) is 0 Å². The number of benzene rings is 3. The lowest BCUT2D eigenvalue weighted by Gasteiger charge is -2.12. The van der Waals surface area contributed by atoms with Crippen LogP contribution in [0.15, 0.2) is 71.8 Å². The van der Waals surface area contributed by atoms with Crippen LogP contribution in [0.3, 0.4) is 0 Å². The molecule has 1 aromatic heterocycles. The number of aromatic nitrogens is 3. The normalized spacial score (nSPS) is 11.0. The SMILES string of the molecule is CCOc1ccc(-c2n[nH]c(=S)n2/N=C/c2ccc(OCc3ccccc3Cl)c(OC)c2)cc1. The highest BCUT2D eigenvalue weighted by Crippen LogP contribution is 2.29. The Morgan fingerprint density at radius 1 is 1.06 bits per heavy atom. The zero-order valence-electron chi connectivity index (χ0n) is 18.7. The van der Waals surface area contributed by atoms with Crippen LogP contribution in [0.4, 0.5) is 0 Å². The van der Waals surface area contributed by atoms with E-state index in [1.807, 2.05) is 73.7 Å². The fourth-order valence-electron chi connectivity index (χ4n) is 3.23. The number of rotatable bonds is 9. The predicted octanol–water partition coefficient (Wildman–Crippen LogP) is 6.13. The van der Waals surface area contributed by atoms with Crippen molar-refractivity contribution in [1.29, 1.82) is 0 Å². The average molecular weight is 495 g/mol. The van der Waals surface area contributed by atoms with Crippen LogP contribution < -0.4 is 14.2 Å². The van der Waals surface area contributed by atoms with Gasteiger partial charge in [-0.1, -0.05) is 29.8 Å². The largest absolute Gasteiger partial charge is 0.494 e. The van der Waals surface area contributed by atoms with E-state index in [0.717, 1.165) is 22.4 Å². The summed E-state index contributed by atoms with van der Waals surface area (Å²) in [6.07, 6.45) is 1.68. The molecule has 1 heterocycles. The first-order valence-electron chi connectivity index (χ1n) is 10.6. The lowest BCUT2D eigenvalue weighted by molar-refractivity contribution is 0.284. The van der Waals surface area contributed by atoms with E-state index >= 15 is 0 Å². The molecule has 0 aliphatic carbocycles. The Morgan fingerprint density at radius 3 is 2.59 bits per heavy atom. The summed E-state index contributed by atoms with van der Waals surface area (Å²) < 4.78 is 18.9. The molecule has 4 rings (SSSR count). The first-order chi connectivity index (χ1) is 16.6. The minimum absolute atomic E-state index is 0.332. The van der Waals surface area contributed by atoms with E-state index in [1.165, 1.54) is 0 Å². The Morgan fingerprint density at radius 2 is 1.85 bits per heavy atom. The summed E-state index contributed by atoms with van der Waals surface area (Å²) in [6.45, 7) is 2.88. The van der Waals surface area contributed by atoms with Crippen molar-refractivity contribution >= 4 is 30.0 Å². The van der Waals surface area contributed by atoms with Gasteiger partial charge in [0.2, 0.25) is 4.77 Å². The smallest absolute Gasteiger partial charge is 0.216 e. The topological polar surface area (TPSA) is 73.7 Å². The van der Waals surface area contributed by atoms with Crippen LogP contribution in [0.5, 0.6) is 17.2 Å². The van der Waals surface area contributed by atoms with Crippen LogP contribution in [0.2, 0.25) is 5.02 Å². The van der Waals surface area contributed by atoms with E-state index < -0.39 is 0 Å². The third-order valence-electron chi connectivity index (χ3n) is 4.92. The molecule has 0 saturated heterocycles. The van der Waals surface area contributed by atoms with Gasteiger partial charge < -0.3 is 14.2 Å². The highest BCUT2D eigenvalue weighted by Gasteiger charge is 2.10. The van der Waals surface area contributed by atoms with Crippen molar-refractivity contribution in [2.45, 2.75) is 13.5 Å². The number of halogens is 1. The Kier molecular flexibility index (Phi) is 7.61. The zero-order chi connectivity index (χ0) is 23.9. The number of nitrogens with zero attached hydrogens (tertiary/aromatic N) is 3. The summed E-state index contributed by atoms with van der Waals surface area (Å²) in [4.78, 5) is 0. The summed E-state index contributed by atoms with van der Waals surface area (Å²) in [5.41, 5.74) is 2.56. The summed E-state index contributed by atoms with van der Waals surface area (Å²) in [7, 11) is 1.59. The van der Waals surface area contributed by atoms with Gasteiger partial charge in [0, 0.05) is 16.1 Å². The molecular formula is C25H23ClN4O3S. The van der Waals surface area contributed by atoms with Crippen LogP contribution in [-0.4, -0.2) is 34.8 Å². The lowest BCUT2D eigenvalue weighted by Crippen LogP contribution is -1.99. The molecule has 0 fully saturated rings. The van der Waals surface area contributed by atoms with Crippen LogP contribution in [0.25, 0.3) is 11.4 Å². The molecule has 0 aliphatic rings. The molecule has 9 heteroatoms. The molecule has 0 atom stereocenters. The third kappa shape index (κ3) is 5.47. The van der Waals surface area contributed by atoms with Gasteiger partial charge in [0.15, 0.2) is 17.3 Å². The molecule has 0 amide bonds. The predicted molar refractivity (Wildman–Crippen MR) is 136 cm³/mol. The van der Waals surface area contributed by atoms with Crippen LogP contribution in [0, 0.1) is 4.77 Å². The van der Waals surface area contributed by atoms with Gasteiger partial charge in [-0.15, -0.1) is 0 Å². The van der Waals surface area contributed by atoms with Crippen molar-refractivity contribution in [3.63, 3.8) is 0 Å². The number of ether oxygens (including phenoxy) is 3. The van der Waals surface area contributed by atoms with Crippen molar-refractivity contribution in [3.05, 3.63) is 87.7 Å². The zero-order valence-corrected chi connectivity index (χ0v) is 20.3. The Hall–Kier alpha value is -3.62. The molecule has 7 nitrogen and oxygen atoms in total. The van der Waals surface area contributed by atoms with E-state index in [4.69, 9.17) is 38.0 Å². The molecule has 4 aromatic rings. The van der Waals surface area contributed by atoms with Gasteiger partial charge in [-0.3, -0.25) is 0 Å². The Balaban J connectivity index is 1.53. The van der Waals surface area contributed by atoms with Crippen molar-refractivity contribution in [2.75, 3.05) is 13.7 Å². The van der Waals surface area contributed by atoms with Gasteiger partial charge >= 0.3 is 0 Å². The number of nitrogens with one attached hydrogen (secondary N) is 1. The van der Waals surface area contributed by atoms with E-state index in [9.17, 15) is 0 Å². The highest BCUT2D eigenvalue weighted by molar-refractivity contribution is 7.71. The van der Waals surface area contributed by atoms with Crippen molar-refractivity contribution in [3.8, 4) is 28.6 Å². The summed E-state index contributed by atoms with van der Waals surface area (Å²) in [6, 6.07) is 20.7. The molecule has 1 N–H and O–H groups in total. The lowest BCUT2D eigenvalue weighted by atomic mass is 10.2. The van der Waals surface area contributed by atoms with Gasteiger partial charge in [-0.05, 0) is 73.2 Å². The van der Waals surface area contributed by atoms with Gasteiger partial charge in [-0.2, -0.15) is 14.9 Å². The van der Waals surface area contributed by atoms with Gasteiger partial charge in [-0.25, -0.2) is 5.10 Å². The van der Waals surface area contributed by atoms with Crippen LogP contribution in [-0.2, 0) is 6.61 Å². The Bertz CT molecular complexity index is 1350. The number of H-pyrrole nitrogens is 1. The van der Waals surface area contributed by atoms with E-state index in [0.29, 0.717) is 40.3 Å². The first-order valence-corrected chi connectivity index (χ1v) is 11.4. The summed E-state index contributed by atoms with van der Waals surface area (Å²) >= 11 is 11.6. The fourth-order valence-corrected chi connectivity index (χ4v) is 3.60. The average Bonchev–Trinajstić information content (AvgIpc) is 3.23. The summed E-state index contributed by atoms with van der Waals surface area (Å²) in [5, 5.41) is 12.3. The molecule has 3 aromatic carbocycles. The number of hydrogen-bond acceptors (Lipinski definition) is 6. The van der Waals surface area contributed by atoms with Crippen molar-refractivity contribution < 1.29 is 14.2 Å². The second-order valence-electron chi connectivity index (χ2n) is 7.16. The molecule has 0 bridgehead atoms. The van der Waals surface area contributed by atoms with E-state index in [-0.39, 0.29) is 0 Å². The molecule has 174 valence electrons. The molecule has 0 unspecified atom stereocenters. The minimum atomic E-state index is 0.332. The van der Waals surface area contributed by atoms with E-state index in [1.54, 1.807) is 18.0 Å². The van der Waals surface area contributed by atoms with Crippen molar-refractivity contribution in [1.82, 2.24) is 14.9 Å². The number of aromatic amines is 1. The fraction of sp³-hybridized carbons (Fsp3) is 0.160. The van der Waals surface area contributed by atoms with E-state index in [2.05, 4.69) is 15.3 Å². The second-order valence-corrected chi connectivity index (χ2v) is 7.95. The monoisotopic (exact) mass is 494 g/mol. The number of hydrogen-bond donors (Lipinski definition) is 1. The molecule has 0 aliphatic heterocycles. The molecular weight excluding hydrogens is 472 g/mol. The quantitative estimate of drug-likeness (QED) is 0.224. The molecule has 34 heavy (non-hydrogen) atoms. The second kappa shape index (κ2) is 11.0. The maximum absolute atomic E-state index is 6.22. The van der Waals surface area contributed by atoms with Gasteiger partial charge in [0.05, 0.1) is 19.9 Å². The highest BCUT2D eigenvalue weighted by atomic mass is 35.5. The first kappa shape index (κ1) is 23.5. The standard InChI is InChI=1S/C25H23ClN4O3S/c1-3-32-20-11-9-18(10-12-20)24-28-29-25(34)30(24)27-15-17-8-13-22(23(14-17)31-2)33-16-19-6-4-5-7-21(19)26/h4-15H,3,16H2,1-2H3,(H,29,34)/b27-15+. The van der Waals surface area contributed by atoms with Crippen LogP contribution in [0.1, 0.15) is 18.1 Å². The van der Waals surface area contributed by atoms with Gasteiger partial charge in [0.1, 0.15) is 12.4 Å². The summed E-state index contributed by atoms with van der Waals surface area (Å²) in [5.74, 6) is 2.57. The van der Waals surface area contributed by atoms with Crippen molar-refractivity contribution in [2.24, 2.45) is 5.10 Å².